The normalized spacial score (nSPS) is 11.1. The molecule has 0 aliphatic heterocycles. The van der Waals surface area contributed by atoms with Gasteiger partial charge in [-0.3, -0.25) is 0 Å². The molecule has 0 radical (unpaired) electrons. The summed E-state index contributed by atoms with van der Waals surface area (Å²) in [7, 11) is 0. The smallest absolute Gasteiger partial charge is 0.201 e. The van der Waals surface area contributed by atoms with Gasteiger partial charge in [0.25, 0.3) is 0 Å². The van der Waals surface area contributed by atoms with Crippen LogP contribution in [0.4, 0.5) is 5.95 Å². The van der Waals surface area contributed by atoms with Gasteiger partial charge in [0.1, 0.15) is 5.52 Å². The molecule has 0 aliphatic carbocycles. The van der Waals surface area contributed by atoms with E-state index in [1.165, 1.54) is 0 Å². The first kappa shape index (κ1) is 12.5. The first-order valence-electron chi connectivity index (χ1n) is 5.80. The molecule has 3 rings (SSSR count). The fourth-order valence-corrected chi connectivity index (χ4v) is 2.77. The predicted octanol–water partition coefficient (Wildman–Crippen LogP) is 4.08. The number of halogens is 2. The highest BCUT2D eigenvalue weighted by Gasteiger charge is 2.10. The van der Waals surface area contributed by atoms with Crippen LogP contribution in [0.15, 0.2) is 46.9 Å². The van der Waals surface area contributed by atoms with Crippen molar-refractivity contribution in [2.45, 2.75) is 6.54 Å². The highest BCUT2D eigenvalue weighted by molar-refractivity contribution is 9.10. The zero-order chi connectivity index (χ0) is 13.4. The molecule has 5 heteroatoms. The van der Waals surface area contributed by atoms with Crippen molar-refractivity contribution < 1.29 is 0 Å². The fraction of sp³-hybridized carbons (Fsp3) is 0.0714. The number of fused-ring (bicyclic) bond motifs is 1. The number of nitrogens with zero attached hydrogens (tertiary/aromatic N) is 2. The Morgan fingerprint density at radius 2 is 2.00 bits per heavy atom. The van der Waals surface area contributed by atoms with Crippen LogP contribution in [-0.4, -0.2) is 9.55 Å². The van der Waals surface area contributed by atoms with Crippen LogP contribution in [0.2, 0.25) is 5.02 Å². The van der Waals surface area contributed by atoms with Crippen LogP contribution in [0, 0.1) is 0 Å². The Morgan fingerprint density at radius 1 is 1.21 bits per heavy atom. The number of nitrogens with two attached hydrogens (primary N) is 1. The van der Waals surface area contributed by atoms with E-state index in [9.17, 15) is 0 Å². The Morgan fingerprint density at radius 3 is 2.79 bits per heavy atom. The molecule has 0 unspecified atom stereocenters. The van der Waals surface area contributed by atoms with Gasteiger partial charge in [0.2, 0.25) is 5.95 Å². The summed E-state index contributed by atoms with van der Waals surface area (Å²) < 4.78 is 3.01. The second-order valence-corrected chi connectivity index (χ2v) is 5.62. The van der Waals surface area contributed by atoms with Gasteiger partial charge in [0, 0.05) is 4.47 Å². The predicted molar refractivity (Wildman–Crippen MR) is 82.4 cm³/mol. The molecule has 3 aromatic rings. The molecule has 2 N–H and O–H groups in total. The number of anilines is 1. The lowest BCUT2D eigenvalue weighted by Crippen LogP contribution is -2.04. The molecule has 0 saturated carbocycles. The number of nitrogen functional groups attached to an aromatic ring is 1. The number of hydrogen-bond donors (Lipinski definition) is 1. The van der Waals surface area contributed by atoms with E-state index >= 15 is 0 Å². The molecule has 0 aliphatic rings. The van der Waals surface area contributed by atoms with E-state index in [0.29, 0.717) is 17.5 Å². The molecule has 0 saturated heterocycles. The van der Waals surface area contributed by atoms with E-state index in [-0.39, 0.29) is 0 Å². The van der Waals surface area contributed by atoms with Crippen molar-refractivity contribution in [2.24, 2.45) is 0 Å². The summed E-state index contributed by atoms with van der Waals surface area (Å²) in [6.45, 7) is 0.669. The Kier molecular flexibility index (Phi) is 3.21. The van der Waals surface area contributed by atoms with Crippen molar-refractivity contribution in [1.29, 1.82) is 0 Å². The third kappa shape index (κ3) is 2.33. The van der Waals surface area contributed by atoms with Crippen LogP contribution >= 0.6 is 27.5 Å². The van der Waals surface area contributed by atoms with Crippen molar-refractivity contribution in [1.82, 2.24) is 9.55 Å². The lowest BCUT2D eigenvalue weighted by molar-refractivity contribution is 0.838. The Balaban J connectivity index is 2.10. The number of aromatic nitrogens is 2. The number of hydrogen-bond acceptors (Lipinski definition) is 2. The molecule has 0 fully saturated rings. The molecule has 1 aromatic heterocycles. The maximum Gasteiger partial charge on any atom is 0.201 e. The maximum atomic E-state index is 6.13. The van der Waals surface area contributed by atoms with Crippen LogP contribution in [0.3, 0.4) is 0 Å². The third-order valence-electron chi connectivity index (χ3n) is 2.99. The molecule has 3 nitrogen and oxygen atoms in total. The standard InChI is InChI=1S/C14H11BrClN3/c15-10-4-1-3-9(7-10)8-19-12-6-2-5-11(16)13(12)18-14(19)17/h1-7H,8H2,(H2,17,18). The number of benzene rings is 2. The van der Waals surface area contributed by atoms with Crippen molar-refractivity contribution in [3.63, 3.8) is 0 Å². The van der Waals surface area contributed by atoms with Crippen molar-refractivity contribution in [3.05, 3.63) is 57.5 Å². The zero-order valence-corrected chi connectivity index (χ0v) is 12.3. The minimum atomic E-state index is 0.475. The van der Waals surface area contributed by atoms with Crippen LogP contribution in [0.1, 0.15) is 5.56 Å². The van der Waals surface area contributed by atoms with E-state index in [4.69, 9.17) is 17.3 Å². The summed E-state index contributed by atoms with van der Waals surface area (Å²) in [5.41, 5.74) is 8.84. The molecule has 0 atom stereocenters. The van der Waals surface area contributed by atoms with Gasteiger partial charge in [0.05, 0.1) is 17.1 Å². The van der Waals surface area contributed by atoms with Gasteiger partial charge in [-0.25, -0.2) is 4.98 Å². The summed E-state index contributed by atoms with van der Waals surface area (Å²) in [5.74, 6) is 0.475. The van der Waals surface area contributed by atoms with E-state index in [1.54, 1.807) is 0 Å². The molecule has 1 heterocycles. The topological polar surface area (TPSA) is 43.8 Å². The molecule has 2 aromatic carbocycles. The Bertz CT molecular complexity index is 752. The molecule has 96 valence electrons. The van der Waals surface area contributed by atoms with Gasteiger partial charge >= 0.3 is 0 Å². The van der Waals surface area contributed by atoms with Gasteiger partial charge in [-0.2, -0.15) is 0 Å². The second-order valence-electron chi connectivity index (χ2n) is 4.29. The SMILES string of the molecule is Nc1nc2c(Cl)cccc2n1Cc1cccc(Br)c1. The summed E-state index contributed by atoms with van der Waals surface area (Å²) in [4.78, 5) is 4.33. The van der Waals surface area contributed by atoms with Gasteiger partial charge in [-0.1, -0.05) is 45.7 Å². The van der Waals surface area contributed by atoms with Crippen molar-refractivity contribution in [2.75, 3.05) is 5.73 Å². The molecular weight excluding hydrogens is 326 g/mol. The summed E-state index contributed by atoms with van der Waals surface area (Å²) in [6, 6.07) is 13.8. The zero-order valence-electron chi connectivity index (χ0n) is 9.98. The largest absolute Gasteiger partial charge is 0.369 e. The first-order valence-corrected chi connectivity index (χ1v) is 6.97. The Hall–Kier alpha value is -1.52. The lowest BCUT2D eigenvalue weighted by Gasteiger charge is -2.07. The third-order valence-corrected chi connectivity index (χ3v) is 3.79. The van der Waals surface area contributed by atoms with Crippen molar-refractivity contribution in [3.8, 4) is 0 Å². The van der Waals surface area contributed by atoms with Crippen molar-refractivity contribution >= 4 is 44.5 Å². The number of imidazole rings is 1. The summed E-state index contributed by atoms with van der Waals surface area (Å²) in [5, 5.41) is 0.622. The fourth-order valence-electron chi connectivity index (χ4n) is 2.11. The second kappa shape index (κ2) is 4.87. The van der Waals surface area contributed by atoms with E-state index < -0.39 is 0 Å². The maximum absolute atomic E-state index is 6.13. The molecule has 19 heavy (non-hydrogen) atoms. The molecule has 0 amide bonds. The highest BCUT2D eigenvalue weighted by atomic mass is 79.9. The monoisotopic (exact) mass is 335 g/mol. The van der Waals surface area contributed by atoms with Gasteiger partial charge < -0.3 is 10.3 Å². The van der Waals surface area contributed by atoms with Gasteiger partial charge in [0.15, 0.2) is 0 Å². The molecular formula is C14H11BrClN3. The van der Waals surface area contributed by atoms with E-state index in [1.807, 2.05) is 34.9 Å². The average Bonchev–Trinajstić information content (AvgIpc) is 2.69. The first-order chi connectivity index (χ1) is 9.15. The van der Waals surface area contributed by atoms with Gasteiger partial charge in [-0.15, -0.1) is 0 Å². The van der Waals surface area contributed by atoms with E-state index in [0.717, 1.165) is 21.1 Å². The van der Waals surface area contributed by atoms with Gasteiger partial charge in [-0.05, 0) is 29.8 Å². The van der Waals surface area contributed by atoms with E-state index in [2.05, 4.69) is 33.0 Å². The molecule has 0 spiro atoms. The minimum absolute atomic E-state index is 0.475. The average molecular weight is 337 g/mol. The summed E-state index contributed by atoms with van der Waals surface area (Å²) >= 11 is 9.60. The minimum Gasteiger partial charge on any atom is -0.369 e. The van der Waals surface area contributed by atoms with Crippen LogP contribution in [-0.2, 0) is 6.54 Å². The Labute approximate surface area is 124 Å². The highest BCUT2D eigenvalue weighted by Crippen LogP contribution is 2.26. The van der Waals surface area contributed by atoms with Crippen LogP contribution in [0.25, 0.3) is 11.0 Å². The van der Waals surface area contributed by atoms with Crippen LogP contribution in [0.5, 0.6) is 0 Å². The number of rotatable bonds is 2. The lowest BCUT2D eigenvalue weighted by atomic mass is 10.2. The molecule has 0 bridgehead atoms. The summed E-state index contributed by atoms with van der Waals surface area (Å²) in [6.07, 6.45) is 0. The van der Waals surface area contributed by atoms with Crippen LogP contribution < -0.4 is 5.73 Å². The quantitative estimate of drug-likeness (QED) is 0.766. The number of para-hydroxylation sites is 1.